The lowest BCUT2D eigenvalue weighted by molar-refractivity contribution is 0.415. The minimum atomic E-state index is 0.290. The SMILES string of the molecule is CCc1occc1-c1noc(N)c1-c1ccc(OC)cc1. The van der Waals surface area contributed by atoms with E-state index in [-0.39, 0.29) is 0 Å². The van der Waals surface area contributed by atoms with Crippen LogP contribution in [0, 0.1) is 0 Å². The number of anilines is 1. The molecule has 108 valence electrons. The van der Waals surface area contributed by atoms with E-state index in [1.807, 2.05) is 37.3 Å². The molecule has 0 bridgehead atoms. The van der Waals surface area contributed by atoms with Crippen molar-refractivity contribution in [1.29, 1.82) is 0 Å². The van der Waals surface area contributed by atoms with E-state index in [1.54, 1.807) is 13.4 Å². The van der Waals surface area contributed by atoms with E-state index in [9.17, 15) is 0 Å². The zero-order valence-corrected chi connectivity index (χ0v) is 11.9. The predicted octanol–water partition coefficient (Wildman–Crippen LogP) is 3.75. The average molecular weight is 284 g/mol. The second kappa shape index (κ2) is 5.36. The summed E-state index contributed by atoms with van der Waals surface area (Å²) in [5, 5.41) is 4.09. The highest BCUT2D eigenvalue weighted by Gasteiger charge is 2.20. The summed E-state index contributed by atoms with van der Waals surface area (Å²) in [4.78, 5) is 0. The molecule has 2 aromatic heterocycles. The first-order valence-electron chi connectivity index (χ1n) is 6.71. The third kappa shape index (κ3) is 2.27. The van der Waals surface area contributed by atoms with Gasteiger partial charge in [-0.15, -0.1) is 0 Å². The lowest BCUT2D eigenvalue weighted by atomic mass is 10.0. The molecule has 0 saturated carbocycles. The van der Waals surface area contributed by atoms with Gasteiger partial charge in [0.15, 0.2) is 0 Å². The Morgan fingerprint density at radius 1 is 1.19 bits per heavy atom. The maximum atomic E-state index is 5.95. The zero-order chi connectivity index (χ0) is 14.8. The van der Waals surface area contributed by atoms with Crippen molar-refractivity contribution >= 4 is 5.88 Å². The monoisotopic (exact) mass is 284 g/mol. The van der Waals surface area contributed by atoms with Crippen LogP contribution in [0.2, 0.25) is 0 Å². The van der Waals surface area contributed by atoms with E-state index in [2.05, 4.69) is 5.16 Å². The van der Waals surface area contributed by atoms with E-state index in [1.165, 1.54) is 0 Å². The van der Waals surface area contributed by atoms with E-state index < -0.39 is 0 Å². The summed E-state index contributed by atoms with van der Waals surface area (Å²) in [6.07, 6.45) is 2.42. The van der Waals surface area contributed by atoms with Gasteiger partial charge in [-0.25, -0.2) is 0 Å². The minimum absolute atomic E-state index is 0.290. The smallest absolute Gasteiger partial charge is 0.230 e. The van der Waals surface area contributed by atoms with Crippen molar-refractivity contribution < 1.29 is 13.7 Å². The number of nitrogens with zero attached hydrogens (tertiary/aromatic N) is 1. The molecule has 0 atom stereocenters. The highest BCUT2D eigenvalue weighted by Crippen LogP contribution is 2.38. The molecular formula is C16H16N2O3. The van der Waals surface area contributed by atoms with Crippen LogP contribution in [-0.4, -0.2) is 12.3 Å². The molecule has 21 heavy (non-hydrogen) atoms. The number of benzene rings is 1. The highest BCUT2D eigenvalue weighted by molar-refractivity contribution is 5.87. The number of furan rings is 1. The molecule has 1 aromatic carbocycles. The number of nitrogens with two attached hydrogens (primary N) is 1. The summed E-state index contributed by atoms with van der Waals surface area (Å²) in [6, 6.07) is 9.49. The quantitative estimate of drug-likeness (QED) is 0.789. The predicted molar refractivity (Wildman–Crippen MR) is 80.0 cm³/mol. The van der Waals surface area contributed by atoms with Crippen molar-refractivity contribution in [1.82, 2.24) is 5.16 Å². The molecule has 5 heteroatoms. The zero-order valence-electron chi connectivity index (χ0n) is 11.9. The third-order valence-corrected chi connectivity index (χ3v) is 3.42. The number of ether oxygens (including phenoxy) is 1. The molecule has 3 rings (SSSR count). The molecule has 0 aliphatic rings. The van der Waals surface area contributed by atoms with E-state index in [0.29, 0.717) is 11.6 Å². The molecule has 0 unspecified atom stereocenters. The molecule has 3 aromatic rings. The topological polar surface area (TPSA) is 74.4 Å². The first kappa shape index (κ1) is 13.3. The molecule has 0 fully saturated rings. The van der Waals surface area contributed by atoms with Crippen LogP contribution < -0.4 is 10.5 Å². The van der Waals surface area contributed by atoms with E-state index in [0.717, 1.165) is 34.6 Å². The van der Waals surface area contributed by atoms with Crippen LogP contribution >= 0.6 is 0 Å². The molecular weight excluding hydrogens is 268 g/mol. The molecule has 0 radical (unpaired) electrons. The Kier molecular flexibility index (Phi) is 3.39. The molecule has 0 spiro atoms. The molecule has 5 nitrogen and oxygen atoms in total. The van der Waals surface area contributed by atoms with Crippen LogP contribution in [0.25, 0.3) is 22.4 Å². The summed E-state index contributed by atoms with van der Waals surface area (Å²) < 4.78 is 15.8. The van der Waals surface area contributed by atoms with Crippen molar-refractivity contribution in [3.05, 3.63) is 42.4 Å². The molecule has 2 N–H and O–H groups in total. The standard InChI is InChI=1S/C16H16N2O3/c1-3-13-12(8-9-20-13)15-14(16(17)21-18-15)10-4-6-11(19-2)7-5-10/h4-9H,3,17H2,1-2H3. The third-order valence-electron chi connectivity index (χ3n) is 3.42. The van der Waals surface area contributed by atoms with Gasteiger partial charge in [-0.1, -0.05) is 24.2 Å². The normalized spacial score (nSPS) is 10.8. The van der Waals surface area contributed by atoms with Crippen molar-refractivity contribution in [2.45, 2.75) is 13.3 Å². The molecule has 0 saturated heterocycles. The van der Waals surface area contributed by atoms with Gasteiger partial charge >= 0.3 is 0 Å². The van der Waals surface area contributed by atoms with Gasteiger partial charge in [0.2, 0.25) is 5.88 Å². The Hall–Kier alpha value is -2.69. The summed E-state index contributed by atoms with van der Waals surface area (Å²) >= 11 is 0. The molecule has 0 aliphatic carbocycles. The lowest BCUT2D eigenvalue weighted by Crippen LogP contribution is -1.89. The van der Waals surface area contributed by atoms with Crippen LogP contribution in [0.5, 0.6) is 5.75 Å². The van der Waals surface area contributed by atoms with Gasteiger partial charge in [0.1, 0.15) is 17.2 Å². The van der Waals surface area contributed by atoms with Gasteiger partial charge in [0, 0.05) is 12.0 Å². The van der Waals surface area contributed by atoms with Crippen LogP contribution in [-0.2, 0) is 6.42 Å². The highest BCUT2D eigenvalue weighted by atomic mass is 16.5. The van der Waals surface area contributed by atoms with Crippen molar-refractivity contribution in [3.8, 4) is 28.1 Å². The summed E-state index contributed by atoms with van der Waals surface area (Å²) in [6.45, 7) is 2.03. The summed E-state index contributed by atoms with van der Waals surface area (Å²) in [7, 11) is 1.63. The minimum Gasteiger partial charge on any atom is -0.497 e. The van der Waals surface area contributed by atoms with Crippen LogP contribution in [0.3, 0.4) is 0 Å². The molecule has 0 amide bonds. The molecule has 0 aliphatic heterocycles. The first-order valence-corrected chi connectivity index (χ1v) is 6.71. The van der Waals surface area contributed by atoms with E-state index >= 15 is 0 Å². The number of aryl methyl sites for hydroxylation is 1. The maximum absolute atomic E-state index is 5.95. The fraction of sp³-hybridized carbons (Fsp3) is 0.188. The van der Waals surface area contributed by atoms with Gasteiger partial charge < -0.3 is 19.4 Å². The van der Waals surface area contributed by atoms with Crippen molar-refractivity contribution in [2.75, 3.05) is 12.8 Å². The van der Waals surface area contributed by atoms with Crippen LogP contribution in [0.1, 0.15) is 12.7 Å². The molecule has 2 heterocycles. The first-order chi connectivity index (χ1) is 10.2. The number of hydrogen-bond donors (Lipinski definition) is 1. The summed E-state index contributed by atoms with van der Waals surface area (Å²) in [5.74, 6) is 1.93. The largest absolute Gasteiger partial charge is 0.497 e. The second-order valence-electron chi connectivity index (χ2n) is 4.61. The Bertz CT molecular complexity index is 741. The maximum Gasteiger partial charge on any atom is 0.230 e. The number of nitrogen functional groups attached to an aromatic ring is 1. The summed E-state index contributed by atoms with van der Waals surface area (Å²) in [5.41, 5.74) is 9.25. The van der Waals surface area contributed by atoms with Crippen molar-refractivity contribution in [3.63, 3.8) is 0 Å². The van der Waals surface area contributed by atoms with Crippen LogP contribution in [0.15, 0.2) is 45.5 Å². The fourth-order valence-corrected chi connectivity index (χ4v) is 2.35. The number of rotatable bonds is 4. The fourth-order valence-electron chi connectivity index (χ4n) is 2.35. The van der Waals surface area contributed by atoms with Gasteiger partial charge in [0.05, 0.1) is 18.9 Å². The Balaban J connectivity index is 2.12. The average Bonchev–Trinajstić information content (AvgIpc) is 3.13. The van der Waals surface area contributed by atoms with Crippen LogP contribution in [0.4, 0.5) is 5.88 Å². The van der Waals surface area contributed by atoms with Crippen molar-refractivity contribution in [2.24, 2.45) is 0 Å². The van der Waals surface area contributed by atoms with E-state index in [4.69, 9.17) is 19.4 Å². The van der Waals surface area contributed by atoms with Gasteiger partial charge in [0.25, 0.3) is 0 Å². The number of aromatic nitrogens is 1. The van der Waals surface area contributed by atoms with Gasteiger partial charge in [-0.2, -0.15) is 0 Å². The Morgan fingerprint density at radius 3 is 2.62 bits per heavy atom. The number of hydrogen-bond acceptors (Lipinski definition) is 5. The lowest BCUT2D eigenvalue weighted by Gasteiger charge is -2.04. The Morgan fingerprint density at radius 2 is 1.95 bits per heavy atom. The second-order valence-corrected chi connectivity index (χ2v) is 4.61. The van der Waals surface area contributed by atoms with Gasteiger partial charge in [-0.3, -0.25) is 0 Å². The number of methoxy groups -OCH3 is 1. The van der Waals surface area contributed by atoms with Gasteiger partial charge in [-0.05, 0) is 23.8 Å². The Labute approximate surface area is 122 Å².